The lowest BCUT2D eigenvalue weighted by atomic mass is 10.0. The predicted octanol–water partition coefficient (Wildman–Crippen LogP) is 3.27. The average molecular weight is 384 g/mol. The number of carbonyl (C=O) groups is 1. The highest BCUT2D eigenvalue weighted by atomic mass is 32.2. The van der Waals surface area contributed by atoms with Gasteiger partial charge in [-0.2, -0.15) is 0 Å². The molecule has 0 saturated heterocycles. The Bertz CT molecular complexity index is 557. The molecule has 1 amide bonds. The normalized spacial score (nSPS) is 13.3. The molecule has 0 heterocycles. The highest BCUT2D eigenvalue weighted by Crippen LogP contribution is 2.27. The van der Waals surface area contributed by atoms with E-state index in [0.29, 0.717) is 17.7 Å². The second-order valence-corrected chi connectivity index (χ2v) is 7.65. The molecule has 0 saturated carbocycles. The van der Waals surface area contributed by atoms with Gasteiger partial charge in [-0.1, -0.05) is 56.2 Å². The summed E-state index contributed by atoms with van der Waals surface area (Å²) in [6.07, 6.45) is 2.82. The van der Waals surface area contributed by atoms with Crippen molar-refractivity contribution in [1.82, 2.24) is 9.73 Å². The molecule has 0 spiro atoms. The summed E-state index contributed by atoms with van der Waals surface area (Å²) in [6, 6.07) is 7.65. The summed E-state index contributed by atoms with van der Waals surface area (Å²) in [5, 5.41) is 23.4. The molecule has 0 bridgehead atoms. The molecule has 2 atom stereocenters. The van der Waals surface area contributed by atoms with Crippen LogP contribution in [0.15, 0.2) is 35.2 Å². The fourth-order valence-corrected chi connectivity index (χ4v) is 3.37. The minimum Gasteiger partial charge on any atom is -0.394 e. The van der Waals surface area contributed by atoms with Crippen LogP contribution in [0.2, 0.25) is 0 Å². The number of nitrogens with one attached hydrogen (secondary N) is 1. The third-order valence-corrected chi connectivity index (χ3v) is 4.90. The zero-order valence-corrected chi connectivity index (χ0v) is 16.4. The van der Waals surface area contributed by atoms with Crippen molar-refractivity contribution in [3.63, 3.8) is 0 Å². The van der Waals surface area contributed by atoms with Crippen LogP contribution in [0.25, 0.3) is 0 Å². The monoisotopic (exact) mass is 383 g/mol. The molecule has 0 aliphatic rings. The van der Waals surface area contributed by atoms with E-state index in [-0.39, 0.29) is 18.6 Å². The van der Waals surface area contributed by atoms with Crippen LogP contribution >= 0.6 is 11.9 Å². The second-order valence-electron chi connectivity index (χ2n) is 6.62. The maximum Gasteiger partial charge on any atom is 0.250 e. The largest absolute Gasteiger partial charge is 0.394 e. The fourth-order valence-electron chi connectivity index (χ4n) is 2.50. The quantitative estimate of drug-likeness (QED) is 0.327. The molecule has 26 heavy (non-hydrogen) atoms. The molecule has 1 aromatic carbocycles. The Morgan fingerprint density at radius 2 is 2.00 bits per heavy atom. The van der Waals surface area contributed by atoms with Crippen LogP contribution in [0.1, 0.15) is 46.5 Å². The first-order valence-corrected chi connectivity index (χ1v) is 9.74. The summed E-state index contributed by atoms with van der Waals surface area (Å²) in [5.74, 6) is -0.318. The van der Waals surface area contributed by atoms with Crippen LogP contribution in [-0.4, -0.2) is 39.2 Å². The van der Waals surface area contributed by atoms with Gasteiger partial charge in [-0.3, -0.25) is 4.79 Å². The van der Waals surface area contributed by atoms with Crippen LogP contribution in [0, 0.1) is 16.0 Å². The van der Waals surface area contributed by atoms with Crippen molar-refractivity contribution >= 4 is 17.9 Å². The molecule has 7 nitrogen and oxygen atoms in total. The van der Waals surface area contributed by atoms with Gasteiger partial charge < -0.3 is 10.4 Å². The molecule has 1 rings (SSSR count). The first-order valence-electron chi connectivity index (χ1n) is 8.96. The molecule has 2 N–H and O–H groups in total. The first kappa shape index (κ1) is 22.2. The van der Waals surface area contributed by atoms with E-state index >= 15 is 0 Å². The molecule has 0 radical (unpaired) electrons. The predicted molar refractivity (Wildman–Crippen MR) is 103 cm³/mol. The first-order chi connectivity index (χ1) is 12.4. The van der Waals surface area contributed by atoms with Gasteiger partial charge in [0.15, 0.2) is 11.1 Å². The van der Waals surface area contributed by atoms with Crippen molar-refractivity contribution in [2.24, 2.45) is 5.92 Å². The summed E-state index contributed by atoms with van der Waals surface area (Å²) in [6.45, 7) is 5.70. The highest BCUT2D eigenvalue weighted by Gasteiger charge is 2.36. The Labute approximate surface area is 159 Å². The maximum absolute atomic E-state index is 12.8. The number of hydrogen-bond acceptors (Lipinski definition) is 5. The number of benzene rings is 1. The smallest absolute Gasteiger partial charge is 0.250 e. The van der Waals surface area contributed by atoms with E-state index in [2.05, 4.69) is 5.32 Å². The van der Waals surface area contributed by atoms with Gasteiger partial charge in [0.25, 0.3) is 0 Å². The number of aliphatic hydroxyl groups excluding tert-OH is 1. The number of aliphatic hydroxyl groups is 1. The lowest BCUT2D eigenvalue weighted by Crippen LogP contribution is -2.50. The van der Waals surface area contributed by atoms with Gasteiger partial charge in [0, 0.05) is 4.90 Å². The van der Waals surface area contributed by atoms with E-state index < -0.39 is 17.0 Å². The Hall–Kier alpha value is -1.80. The van der Waals surface area contributed by atoms with Gasteiger partial charge in [-0.05, 0) is 30.9 Å². The third-order valence-electron chi connectivity index (χ3n) is 3.84. The molecule has 0 aliphatic heterocycles. The van der Waals surface area contributed by atoms with Crippen LogP contribution in [0.5, 0.6) is 0 Å². The zero-order chi connectivity index (χ0) is 19.5. The number of nitrogens with zero attached hydrogens (tertiary/aromatic N) is 2. The minimum absolute atomic E-state index is 0.104. The number of hydrogen-bond donors (Lipinski definition) is 2. The van der Waals surface area contributed by atoms with Crippen molar-refractivity contribution in [3.8, 4) is 0 Å². The molecule has 0 aliphatic carbocycles. The summed E-state index contributed by atoms with van der Waals surface area (Å²) >= 11 is 0.939. The van der Waals surface area contributed by atoms with Gasteiger partial charge in [0.05, 0.1) is 24.6 Å². The molecule has 0 aromatic heterocycles. The van der Waals surface area contributed by atoms with Gasteiger partial charge in [0.1, 0.15) is 0 Å². The van der Waals surface area contributed by atoms with Crippen LogP contribution in [0.4, 0.5) is 0 Å². The summed E-state index contributed by atoms with van der Waals surface area (Å²) in [4.78, 5) is 25.1. The average Bonchev–Trinajstić information content (AvgIpc) is 2.61. The van der Waals surface area contributed by atoms with Gasteiger partial charge >= 0.3 is 0 Å². The Kier molecular flexibility index (Phi) is 10.0. The van der Waals surface area contributed by atoms with E-state index in [4.69, 9.17) is 0 Å². The van der Waals surface area contributed by atoms with Crippen LogP contribution in [-0.2, 0) is 4.79 Å². The van der Waals surface area contributed by atoms with Crippen molar-refractivity contribution in [2.75, 3.05) is 6.61 Å². The Balaban J connectivity index is 2.95. The van der Waals surface area contributed by atoms with Gasteiger partial charge in [0.2, 0.25) is 5.91 Å². The number of unbranched alkanes of at least 4 members (excludes halogenated alkanes) is 1. The molecular weight excluding hydrogens is 354 g/mol. The highest BCUT2D eigenvalue weighted by molar-refractivity contribution is 7.96. The second kappa shape index (κ2) is 11.7. The standard InChI is InChI=1S/C18H29N3O4S/c1-4-5-9-15(13-22)19-18(23)17(12-14(2)3)20(21(24)25)26-16-10-7-6-8-11-16/h6-8,10-11,14-15,17,22H,4-5,9,12-13H2,1-3H3,(H,19,23)/t15-,17-/m0/s1. The minimum atomic E-state index is -0.925. The van der Waals surface area contributed by atoms with Crippen molar-refractivity contribution in [2.45, 2.75) is 63.4 Å². The van der Waals surface area contributed by atoms with Crippen molar-refractivity contribution in [1.29, 1.82) is 0 Å². The van der Waals surface area contributed by atoms with Gasteiger partial charge in [-0.15, -0.1) is 0 Å². The fraction of sp³-hybridized carbons (Fsp3) is 0.611. The van der Waals surface area contributed by atoms with E-state index in [9.17, 15) is 20.0 Å². The Morgan fingerprint density at radius 1 is 1.35 bits per heavy atom. The van der Waals surface area contributed by atoms with Crippen molar-refractivity contribution in [3.05, 3.63) is 40.4 Å². The maximum atomic E-state index is 12.8. The zero-order valence-electron chi connectivity index (χ0n) is 15.6. The molecule has 8 heteroatoms. The number of hydrazine groups is 1. The molecule has 146 valence electrons. The Morgan fingerprint density at radius 3 is 2.50 bits per heavy atom. The topological polar surface area (TPSA) is 95.7 Å². The molecule has 1 aromatic rings. The van der Waals surface area contributed by atoms with Gasteiger partial charge in [-0.25, -0.2) is 10.1 Å². The number of rotatable bonds is 12. The van der Waals surface area contributed by atoms with Crippen LogP contribution in [0.3, 0.4) is 0 Å². The van der Waals surface area contributed by atoms with E-state index in [0.717, 1.165) is 29.2 Å². The van der Waals surface area contributed by atoms with E-state index in [1.165, 1.54) is 0 Å². The summed E-state index contributed by atoms with van der Waals surface area (Å²) < 4.78 is 0.916. The van der Waals surface area contributed by atoms with Crippen molar-refractivity contribution < 1.29 is 14.9 Å². The SMILES string of the molecule is CCCC[C@@H](CO)NC(=O)[C@H](CC(C)C)N(Sc1ccccc1)[N+](=O)[O-]. The number of nitro groups is 1. The summed E-state index contributed by atoms with van der Waals surface area (Å²) in [5.41, 5.74) is 0. The van der Waals surface area contributed by atoms with E-state index in [1.54, 1.807) is 24.3 Å². The molecule has 0 unspecified atom stereocenters. The third kappa shape index (κ3) is 7.61. The lowest BCUT2D eigenvalue weighted by Gasteiger charge is -2.26. The summed E-state index contributed by atoms with van der Waals surface area (Å²) in [7, 11) is 0. The lowest BCUT2D eigenvalue weighted by molar-refractivity contribution is -0.622. The van der Waals surface area contributed by atoms with E-state index in [1.807, 2.05) is 26.8 Å². The van der Waals surface area contributed by atoms with Crippen LogP contribution < -0.4 is 5.32 Å². The molecule has 0 fully saturated rings. The molecular formula is C18H29N3O4S. The number of carbonyl (C=O) groups excluding carboxylic acids is 1. The number of amides is 1.